The first-order valence-corrected chi connectivity index (χ1v) is 7.46. The summed E-state index contributed by atoms with van der Waals surface area (Å²) in [6, 6.07) is 0.554. The van der Waals surface area contributed by atoms with Gasteiger partial charge in [-0.2, -0.15) is 0 Å². The Bertz CT molecular complexity index is 350. The summed E-state index contributed by atoms with van der Waals surface area (Å²) in [6.07, 6.45) is 3.87. The standard InChI is InChI=1S/C13H23N3S/c1-3-11-4-5-16(12(6-11)7-14)8-13-15-10(2)9-17-13/h9,11-12H,3-8,14H2,1-2H3. The molecule has 0 amide bonds. The van der Waals surface area contributed by atoms with Crippen LogP contribution >= 0.6 is 11.3 Å². The lowest BCUT2D eigenvalue weighted by Gasteiger charge is -2.38. The van der Waals surface area contributed by atoms with E-state index in [1.807, 2.05) is 0 Å². The molecule has 1 saturated heterocycles. The number of hydrogen-bond acceptors (Lipinski definition) is 4. The molecule has 0 saturated carbocycles. The highest BCUT2D eigenvalue weighted by Crippen LogP contribution is 2.26. The summed E-state index contributed by atoms with van der Waals surface area (Å²) < 4.78 is 0. The summed E-state index contributed by atoms with van der Waals surface area (Å²) in [4.78, 5) is 7.07. The van der Waals surface area contributed by atoms with Crippen molar-refractivity contribution in [3.8, 4) is 0 Å². The third-order valence-corrected chi connectivity index (χ3v) is 4.75. The molecule has 2 N–H and O–H groups in total. The summed E-state index contributed by atoms with van der Waals surface area (Å²) in [5.74, 6) is 0.873. The summed E-state index contributed by atoms with van der Waals surface area (Å²) in [5.41, 5.74) is 7.05. The lowest BCUT2D eigenvalue weighted by molar-refractivity contribution is 0.107. The second-order valence-electron chi connectivity index (χ2n) is 5.04. The highest BCUT2D eigenvalue weighted by Gasteiger charge is 2.26. The van der Waals surface area contributed by atoms with Gasteiger partial charge in [-0.1, -0.05) is 13.3 Å². The minimum Gasteiger partial charge on any atom is -0.329 e. The minimum atomic E-state index is 0.554. The first-order valence-electron chi connectivity index (χ1n) is 6.58. The van der Waals surface area contributed by atoms with Crippen LogP contribution in [0.1, 0.15) is 36.9 Å². The molecule has 17 heavy (non-hydrogen) atoms. The predicted octanol–water partition coefficient (Wildman–Crippen LogP) is 2.40. The van der Waals surface area contributed by atoms with Gasteiger partial charge in [0, 0.05) is 23.7 Å². The molecule has 1 aliphatic rings. The lowest BCUT2D eigenvalue weighted by atomic mass is 9.89. The Balaban J connectivity index is 1.95. The van der Waals surface area contributed by atoms with Gasteiger partial charge in [0.25, 0.3) is 0 Å². The van der Waals surface area contributed by atoms with E-state index in [4.69, 9.17) is 5.73 Å². The average molecular weight is 253 g/mol. The van der Waals surface area contributed by atoms with E-state index in [-0.39, 0.29) is 0 Å². The van der Waals surface area contributed by atoms with E-state index in [1.165, 1.54) is 30.8 Å². The van der Waals surface area contributed by atoms with Crippen molar-refractivity contribution in [1.82, 2.24) is 9.88 Å². The van der Waals surface area contributed by atoms with Crippen LogP contribution in [0.15, 0.2) is 5.38 Å². The van der Waals surface area contributed by atoms with Gasteiger partial charge in [-0.15, -0.1) is 11.3 Å². The van der Waals surface area contributed by atoms with Crippen molar-refractivity contribution in [3.05, 3.63) is 16.1 Å². The van der Waals surface area contributed by atoms with Crippen molar-refractivity contribution >= 4 is 11.3 Å². The topological polar surface area (TPSA) is 42.2 Å². The molecule has 2 rings (SSSR count). The molecule has 1 aromatic rings. The van der Waals surface area contributed by atoms with Crippen LogP contribution in [0.4, 0.5) is 0 Å². The quantitative estimate of drug-likeness (QED) is 0.896. The Morgan fingerprint density at radius 3 is 3.00 bits per heavy atom. The Hall–Kier alpha value is -0.450. The zero-order valence-electron chi connectivity index (χ0n) is 10.9. The van der Waals surface area contributed by atoms with E-state index in [0.29, 0.717) is 6.04 Å². The van der Waals surface area contributed by atoms with E-state index in [1.54, 1.807) is 11.3 Å². The molecule has 2 heterocycles. The maximum absolute atomic E-state index is 5.91. The lowest BCUT2D eigenvalue weighted by Crippen LogP contribution is -2.45. The minimum absolute atomic E-state index is 0.554. The van der Waals surface area contributed by atoms with Crippen molar-refractivity contribution in [3.63, 3.8) is 0 Å². The van der Waals surface area contributed by atoms with Crippen molar-refractivity contribution < 1.29 is 0 Å². The van der Waals surface area contributed by atoms with Crippen molar-refractivity contribution in [1.29, 1.82) is 0 Å². The molecule has 0 spiro atoms. The van der Waals surface area contributed by atoms with Gasteiger partial charge in [-0.3, -0.25) is 4.90 Å². The van der Waals surface area contributed by atoms with Gasteiger partial charge in [-0.25, -0.2) is 4.98 Å². The van der Waals surface area contributed by atoms with Gasteiger partial charge in [0.1, 0.15) is 5.01 Å². The molecule has 96 valence electrons. The highest BCUT2D eigenvalue weighted by atomic mass is 32.1. The first-order chi connectivity index (χ1) is 8.22. The number of nitrogens with zero attached hydrogens (tertiary/aromatic N) is 2. The zero-order chi connectivity index (χ0) is 12.3. The van der Waals surface area contributed by atoms with Gasteiger partial charge in [0.05, 0.1) is 6.54 Å². The molecule has 1 aliphatic heterocycles. The maximum Gasteiger partial charge on any atom is 0.107 e. The van der Waals surface area contributed by atoms with Gasteiger partial charge >= 0.3 is 0 Å². The molecular formula is C13H23N3S. The number of thiazole rings is 1. The van der Waals surface area contributed by atoms with Gasteiger partial charge in [-0.05, 0) is 32.2 Å². The smallest absolute Gasteiger partial charge is 0.107 e. The fourth-order valence-electron chi connectivity index (χ4n) is 2.66. The largest absolute Gasteiger partial charge is 0.329 e. The Morgan fingerprint density at radius 2 is 2.41 bits per heavy atom. The second kappa shape index (κ2) is 5.94. The van der Waals surface area contributed by atoms with Crippen LogP contribution in [-0.2, 0) is 6.54 Å². The molecule has 0 aromatic carbocycles. The average Bonchev–Trinajstić information content (AvgIpc) is 2.75. The summed E-state index contributed by atoms with van der Waals surface area (Å²) in [5, 5.41) is 3.36. The summed E-state index contributed by atoms with van der Waals surface area (Å²) >= 11 is 1.77. The van der Waals surface area contributed by atoms with Crippen LogP contribution in [0.3, 0.4) is 0 Å². The summed E-state index contributed by atoms with van der Waals surface area (Å²) in [7, 11) is 0. The SMILES string of the molecule is CCC1CCN(Cc2nc(C)cs2)C(CN)C1. The number of piperidine rings is 1. The van der Waals surface area contributed by atoms with Crippen molar-refractivity contribution in [2.75, 3.05) is 13.1 Å². The Labute approximate surface area is 108 Å². The Kier molecular flexibility index (Phi) is 4.54. The molecular weight excluding hydrogens is 230 g/mol. The fourth-order valence-corrected chi connectivity index (χ4v) is 3.45. The van der Waals surface area contributed by atoms with Crippen LogP contribution in [0.2, 0.25) is 0 Å². The molecule has 0 bridgehead atoms. The van der Waals surface area contributed by atoms with E-state index >= 15 is 0 Å². The number of rotatable bonds is 4. The fraction of sp³-hybridized carbons (Fsp3) is 0.769. The number of aromatic nitrogens is 1. The van der Waals surface area contributed by atoms with Crippen molar-refractivity contribution in [2.45, 2.75) is 45.7 Å². The molecule has 4 heteroatoms. The van der Waals surface area contributed by atoms with E-state index < -0.39 is 0 Å². The van der Waals surface area contributed by atoms with E-state index in [0.717, 1.165) is 24.7 Å². The molecule has 2 unspecified atom stereocenters. The molecule has 0 aliphatic carbocycles. The third-order valence-electron chi connectivity index (χ3n) is 3.80. The molecule has 3 nitrogen and oxygen atoms in total. The van der Waals surface area contributed by atoms with Crippen molar-refractivity contribution in [2.24, 2.45) is 11.7 Å². The third kappa shape index (κ3) is 3.27. The van der Waals surface area contributed by atoms with E-state index in [9.17, 15) is 0 Å². The van der Waals surface area contributed by atoms with Crippen LogP contribution in [0, 0.1) is 12.8 Å². The van der Waals surface area contributed by atoms with Gasteiger partial charge < -0.3 is 5.73 Å². The summed E-state index contributed by atoms with van der Waals surface area (Å²) in [6.45, 7) is 7.29. The van der Waals surface area contributed by atoms with Gasteiger partial charge in [0.15, 0.2) is 0 Å². The zero-order valence-corrected chi connectivity index (χ0v) is 11.7. The monoisotopic (exact) mass is 253 g/mol. The van der Waals surface area contributed by atoms with Gasteiger partial charge in [0.2, 0.25) is 0 Å². The number of aryl methyl sites for hydroxylation is 1. The van der Waals surface area contributed by atoms with Crippen LogP contribution in [0.25, 0.3) is 0 Å². The molecule has 1 fully saturated rings. The Morgan fingerprint density at radius 1 is 1.59 bits per heavy atom. The predicted molar refractivity (Wildman–Crippen MR) is 73.1 cm³/mol. The first kappa shape index (κ1) is 13.0. The van der Waals surface area contributed by atoms with E-state index in [2.05, 4.69) is 29.1 Å². The molecule has 1 aromatic heterocycles. The molecule has 0 radical (unpaired) electrons. The number of likely N-dealkylation sites (tertiary alicyclic amines) is 1. The normalized spacial score (nSPS) is 26.3. The van der Waals surface area contributed by atoms with Crippen LogP contribution in [-0.4, -0.2) is 29.0 Å². The number of nitrogens with two attached hydrogens (primary N) is 1. The van der Waals surface area contributed by atoms with Crippen LogP contribution < -0.4 is 5.73 Å². The second-order valence-corrected chi connectivity index (χ2v) is 5.98. The number of hydrogen-bond donors (Lipinski definition) is 1. The highest BCUT2D eigenvalue weighted by molar-refractivity contribution is 7.09. The maximum atomic E-state index is 5.91. The molecule has 2 atom stereocenters. The van der Waals surface area contributed by atoms with Crippen LogP contribution in [0.5, 0.6) is 0 Å².